The van der Waals surface area contributed by atoms with Crippen molar-refractivity contribution >= 4 is 39.3 Å². The van der Waals surface area contributed by atoms with Crippen LogP contribution < -0.4 is 0 Å². The SMILES string of the molecule is CN(C)C=C1OC(=O)c2c(Cl)cc(Br)cc21. The van der Waals surface area contributed by atoms with Gasteiger partial charge in [0.15, 0.2) is 5.76 Å². The molecule has 0 N–H and O–H groups in total. The number of hydrogen-bond acceptors (Lipinski definition) is 3. The first-order chi connectivity index (χ1) is 7.49. The molecule has 0 fully saturated rings. The molecule has 16 heavy (non-hydrogen) atoms. The molecule has 0 radical (unpaired) electrons. The highest BCUT2D eigenvalue weighted by Crippen LogP contribution is 2.36. The lowest BCUT2D eigenvalue weighted by molar-refractivity contribution is 0.0714. The van der Waals surface area contributed by atoms with E-state index in [1.807, 2.05) is 25.1 Å². The van der Waals surface area contributed by atoms with Crippen molar-refractivity contribution in [3.05, 3.63) is 39.0 Å². The van der Waals surface area contributed by atoms with Crippen LogP contribution in [0.15, 0.2) is 22.8 Å². The number of hydrogen-bond donors (Lipinski definition) is 0. The van der Waals surface area contributed by atoms with Crippen molar-refractivity contribution < 1.29 is 9.53 Å². The molecular formula is C11H9BrClNO2. The van der Waals surface area contributed by atoms with Gasteiger partial charge in [-0.05, 0) is 12.1 Å². The van der Waals surface area contributed by atoms with Gasteiger partial charge in [-0.25, -0.2) is 4.79 Å². The summed E-state index contributed by atoms with van der Waals surface area (Å²) in [6.07, 6.45) is 1.74. The summed E-state index contributed by atoms with van der Waals surface area (Å²) in [5.74, 6) is 0.119. The molecule has 1 heterocycles. The van der Waals surface area contributed by atoms with Crippen molar-refractivity contribution in [2.75, 3.05) is 14.1 Å². The Hall–Kier alpha value is -1.000. The molecule has 1 aromatic carbocycles. The number of fused-ring (bicyclic) bond motifs is 1. The first kappa shape index (κ1) is 11.5. The van der Waals surface area contributed by atoms with Crippen molar-refractivity contribution in [3.63, 3.8) is 0 Å². The highest BCUT2D eigenvalue weighted by Gasteiger charge is 2.29. The molecule has 1 aliphatic heterocycles. The highest BCUT2D eigenvalue weighted by molar-refractivity contribution is 9.10. The Morgan fingerprint density at radius 1 is 1.44 bits per heavy atom. The fraction of sp³-hybridized carbons (Fsp3) is 0.182. The first-order valence-corrected chi connectivity index (χ1v) is 5.76. The molecular weight excluding hydrogens is 293 g/mol. The number of carbonyl (C=O) groups excluding carboxylic acids is 1. The number of nitrogens with zero attached hydrogens (tertiary/aromatic N) is 1. The van der Waals surface area contributed by atoms with Crippen LogP contribution in [0.3, 0.4) is 0 Å². The molecule has 0 unspecified atom stereocenters. The fourth-order valence-electron chi connectivity index (χ4n) is 1.51. The third-order valence-corrected chi connectivity index (χ3v) is 2.86. The summed E-state index contributed by atoms with van der Waals surface area (Å²) in [5, 5.41) is 0.400. The summed E-state index contributed by atoms with van der Waals surface area (Å²) in [4.78, 5) is 13.4. The van der Waals surface area contributed by atoms with Crippen LogP contribution in [-0.2, 0) is 4.74 Å². The normalized spacial score (nSPS) is 16.2. The Bertz CT molecular complexity index is 497. The maximum absolute atomic E-state index is 11.6. The van der Waals surface area contributed by atoms with E-state index in [0.29, 0.717) is 16.3 Å². The lowest BCUT2D eigenvalue weighted by atomic mass is 10.1. The molecule has 2 rings (SSSR count). The van der Waals surface area contributed by atoms with Crippen molar-refractivity contribution in [1.29, 1.82) is 0 Å². The van der Waals surface area contributed by atoms with Crippen LogP contribution in [0.4, 0.5) is 0 Å². The maximum atomic E-state index is 11.6. The van der Waals surface area contributed by atoms with Gasteiger partial charge in [0.2, 0.25) is 0 Å². The number of benzene rings is 1. The lowest BCUT2D eigenvalue weighted by Gasteiger charge is -2.06. The smallest absolute Gasteiger partial charge is 0.345 e. The molecule has 0 aromatic heterocycles. The number of halogens is 2. The van der Waals surface area contributed by atoms with E-state index in [4.69, 9.17) is 16.3 Å². The maximum Gasteiger partial charge on any atom is 0.345 e. The molecule has 0 saturated carbocycles. The number of esters is 1. The number of cyclic esters (lactones) is 1. The molecule has 0 aliphatic carbocycles. The predicted molar refractivity (Wildman–Crippen MR) is 66.2 cm³/mol. The summed E-state index contributed by atoms with van der Waals surface area (Å²) < 4.78 is 5.97. The Labute approximate surface area is 107 Å². The summed E-state index contributed by atoms with van der Waals surface area (Å²) in [6, 6.07) is 3.50. The average Bonchev–Trinajstić information content (AvgIpc) is 2.41. The third-order valence-electron chi connectivity index (χ3n) is 2.10. The van der Waals surface area contributed by atoms with Crippen LogP contribution in [0.25, 0.3) is 5.76 Å². The largest absolute Gasteiger partial charge is 0.421 e. The zero-order chi connectivity index (χ0) is 11.9. The lowest BCUT2D eigenvalue weighted by Crippen LogP contribution is -2.02. The van der Waals surface area contributed by atoms with Crippen LogP contribution in [0.1, 0.15) is 15.9 Å². The van der Waals surface area contributed by atoms with E-state index >= 15 is 0 Å². The highest BCUT2D eigenvalue weighted by atomic mass is 79.9. The van der Waals surface area contributed by atoms with Gasteiger partial charge < -0.3 is 9.64 Å². The number of rotatable bonds is 1. The molecule has 0 saturated heterocycles. The minimum Gasteiger partial charge on any atom is -0.421 e. The zero-order valence-corrected chi connectivity index (χ0v) is 11.1. The Morgan fingerprint density at radius 3 is 2.75 bits per heavy atom. The van der Waals surface area contributed by atoms with Crippen LogP contribution >= 0.6 is 27.5 Å². The van der Waals surface area contributed by atoms with E-state index in [-0.39, 0.29) is 0 Å². The van der Waals surface area contributed by atoms with E-state index in [1.54, 1.807) is 12.3 Å². The van der Waals surface area contributed by atoms with Gasteiger partial charge in [-0.2, -0.15) is 0 Å². The van der Waals surface area contributed by atoms with Crippen molar-refractivity contribution in [2.24, 2.45) is 0 Å². The van der Waals surface area contributed by atoms with Gasteiger partial charge in [0.25, 0.3) is 0 Å². The summed E-state index contributed by atoms with van der Waals surface area (Å²) in [6.45, 7) is 0. The molecule has 0 atom stereocenters. The average molecular weight is 303 g/mol. The van der Waals surface area contributed by atoms with Crippen LogP contribution in [0, 0.1) is 0 Å². The van der Waals surface area contributed by atoms with Crippen molar-refractivity contribution in [1.82, 2.24) is 4.90 Å². The van der Waals surface area contributed by atoms with Gasteiger partial charge >= 0.3 is 5.97 Å². The van der Waals surface area contributed by atoms with Gasteiger partial charge in [0.05, 0.1) is 10.6 Å². The van der Waals surface area contributed by atoms with Gasteiger partial charge in [-0.15, -0.1) is 0 Å². The topological polar surface area (TPSA) is 29.5 Å². The first-order valence-electron chi connectivity index (χ1n) is 4.59. The quantitative estimate of drug-likeness (QED) is 0.747. The molecule has 1 aliphatic rings. The zero-order valence-electron chi connectivity index (χ0n) is 8.75. The van der Waals surface area contributed by atoms with Gasteiger partial charge in [-0.3, -0.25) is 0 Å². The van der Waals surface area contributed by atoms with Crippen molar-refractivity contribution in [3.8, 4) is 0 Å². The van der Waals surface area contributed by atoms with Crippen LogP contribution in [0.2, 0.25) is 5.02 Å². The molecule has 0 bridgehead atoms. The third kappa shape index (κ3) is 1.95. The molecule has 0 spiro atoms. The summed E-state index contributed by atoms with van der Waals surface area (Å²) >= 11 is 9.34. The van der Waals surface area contributed by atoms with E-state index in [0.717, 1.165) is 10.0 Å². The van der Waals surface area contributed by atoms with E-state index in [1.165, 1.54) is 0 Å². The van der Waals surface area contributed by atoms with E-state index in [9.17, 15) is 4.79 Å². The fourth-order valence-corrected chi connectivity index (χ4v) is 2.40. The van der Waals surface area contributed by atoms with Crippen LogP contribution in [0.5, 0.6) is 0 Å². The molecule has 5 heteroatoms. The van der Waals surface area contributed by atoms with Crippen molar-refractivity contribution in [2.45, 2.75) is 0 Å². The van der Waals surface area contributed by atoms with E-state index in [2.05, 4.69) is 15.9 Å². The van der Waals surface area contributed by atoms with Gasteiger partial charge in [-0.1, -0.05) is 27.5 Å². The van der Waals surface area contributed by atoms with E-state index < -0.39 is 5.97 Å². The second-order valence-corrected chi connectivity index (χ2v) is 4.98. The molecule has 84 valence electrons. The minimum absolute atomic E-state index is 0.400. The second-order valence-electron chi connectivity index (χ2n) is 3.66. The monoisotopic (exact) mass is 301 g/mol. The predicted octanol–water partition coefficient (Wildman–Crippen LogP) is 3.13. The Morgan fingerprint density at radius 2 is 2.12 bits per heavy atom. The van der Waals surface area contributed by atoms with Gasteiger partial charge in [0.1, 0.15) is 0 Å². The minimum atomic E-state index is -0.402. The summed E-state index contributed by atoms with van der Waals surface area (Å²) in [5.41, 5.74) is 1.15. The van der Waals surface area contributed by atoms with Gasteiger partial charge in [0, 0.05) is 30.3 Å². The summed E-state index contributed by atoms with van der Waals surface area (Å²) in [7, 11) is 3.72. The number of ether oxygens (including phenoxy) is 1. The Kier molecular flexibility index (Phi) is 2.95. The molecule has 3 nitrogen and oxygen atoms in total. The molecule has 1 aromatic rings. The standard InChI is InChI=1S/C11H9BrClNO2/c1-14(2)5-9-7-3-6(12)4-8(13)10(7)11(15)16-9/h3-5H,1-2H3. The second kappa shape index (κ2) is 4.11. The van der Waals surface area contributed by atoms with Crippen LogP contribution in [-0.4, -0.2) is 25.0 Å². The number of carbonyl (C=O) groups is 1. The molecule has 0 amide bonds. The Balaban J connectivity index is 2.62.